The van der Waals surface area contributed by atoms with Crippen LogP contribution in [-0.4, -0.2) is 50.0 Å². The number of benzene rings is 1. The van der Waals surface area contributed by atoms with Gasteiger partial charge in [-0.2, -0.15) is 0 Å². The Morgan fingerprint density at radius 3 is 2.64 bits per heavy atom. The Balaban J connectivity index is 2.10. The third kappa shape index (κ3) is 2.13. The summed E-state index contributed by atoms with van der Waals surface area (Å²) in [6.07, 6.45) is 4.83. The maximum Gasteiger partial charge on any atom is 0.161 e. The van der Waals surface area contributed by atoms with E-state index < -0.39 is 0 Å². The van der Waals surface area contributed by atoms with Gasteiger partial charge in [0.05, 0.1) is 20.3 Å². The normalized spacial score (nSPS) is 34.5. The molecule has 0 spiro atoms. The van der Waals surface area contributed by atoms with Crippen molar-refractivity contribution < 1.29 is 14.6 Å². The van der Waals surface area contributed by atoms with E-state index in [-0.39, 0.29) is 17.4 Å². The summed E-state index contributed by atoms with van der Waals surface area (Å²) in [5.74, 6) is 1.71. The second-order valence-corrected chi connectivity index (χ2v) is 6.49. The van der Waals surface area contributed by atoms with Crippen LogP contribution in [0.25, 0.3) is 0 Å². The lowest BCUT2D eigenvalue weighted by Gasteiger charge is -2.44. The van der Waals surface area contributed by atoms with Gasteiger partial charge in [0.1, 0.15) is 0 Å². The maximum atomic E-state index is 10.2. The third-order valence-corrected chi connectivity index (χ3v) is 5.43. The fourth-order valence-corrected chi connectivity index (χ4v) is 4.26. The van der Waals surface area contributed by atoms with E-state index in [1.807, 2.05) is 12.1 Å². The summed E-state index contributed by atoms with van der Waals surface area (Å²) in [6.45, 7) is 3.16. The van der Waals surface area contributed by atoms with Crippen LogP contribution >= 0.6 is 0 Å². The van der Waals surface area contributed by atoms with Crippen molar-refractivity contribution in [2.24, 2.45) is 5.92 Å². The lowest BCUT2D eigenvalue weighted by Crippen LogP contribution is -2.50. The van der Waals surface area contributed by atoms with Gasteiger partial charge in [-0.3, -0.25) is 0 Å². The number of likely N-dealkylation sites (N-methyl/N-ethyl adjacent to an activating group) is 1. The summed E-state index contributed by atoms with van der Waals surface area (Å²) >= 11 is 0. The number of ether oxygens (including phenoxy) is 2. The molecule has 4 nitrogen and oxygen atoms in total. The molecule has 0 bridgehead atoms. The fourth-order valence-electron chi connectivity index (χ4n) is 4.26. The molecule has 0 unspecified atom stereocenters. The first-order valence-corrected chi connectivity index (χ1v) is 7.83. The molecule has 1 aliphatic heterocycles. The zero-order valence-electron chi connectivity index (χ0n) is 13.7. The van der Waals surface area contributed by atoms with Crippen LogP contribution in [0.15, 0.2) is 30.4 Å². The molecule has 1 heterocycles. The molecule has 0 amide bonds. The quantitative estimate of drug-likeness (QED) is 0.869. The average molecular weight is 303 g/mol. The van der Waals surface area contributed by atoms with Crippen molar-refractivity contribution in [2.75, 3.05) is 27.8 Å². The van der Waals surface area contributed by atoms with Crippen molar-refractivity contribution in [1.82, 2.24) is 4.90 Å². The molecule has 22 heavy (non-hydrogen) atoms. The zero-order valence-corrected chi connectivity index (χ0v) is 13.7. The molecule has 3 rings (SSSR count). The second-order valence-electron chi connectivity index (χ2n) is 6.49. The van der Waals surface area contributed by atoms with Crippen LogP contribution in [0.3, 0.4) is 0 Å². The number of likely N-dealkylation sites (tertiary alicyclic amines) is 1. The van der Waals surface area contributed by atoms with E-state index in [4.69, 9.17) is 9.47 Å². The molecule has 1 aliphatic carbocycles. The monoisotopic (exact) mass is 303 g/mol. The summed E-state index contributed by atoms with van der Waals surface area (Å²) in [6, 6.07) is 6.48. The summed E-state index contributed by atoms with van der Waals surface area (Å²) in [7, 11) is 5.47. The highest BCUT2D eigenvalue weighted by atomic mass is 16.5. The van der Waals surface area contributed by atoms with Gasteiger partial charge in [-0.15, -0.1) is 0 Å². The second kappa shape index (κ2) is 5.60. The Hall–Kier alpha value is -1.52. The number of aliphatic hydroxyl groups excluding tert-OH is 1. The number of rotatable bonds is 3. The van der Waals surface area contributed by atoms with Crippen molar-refractivity contribution in [3.63, 3.8) is 0 Å². The highest BCUT2D eigenvalue weighted by Crippen LogP contribution is 2.48. The lowest BCUT2D eigenvalue weighted by molar-refractivity contribution is 0.0751. The van der Waals surface area contributed by atoms with Crippen LogP contribution in [0.2, 0.25) is 0 Å². The molecule has 2 aliphatic rings. The first kappa shape index (κ1) is 15.4. The Labute approximate surface area is 132 Å². The molecule has 1 aromatic carbocycles. The van der Waals surface area contributed by atoms with Crippen LogP contribution in [0.1, 0.15) is 18.9 Å². The number of hydrogen-bond acceptors (Lipinski definition) is 4. The van der Waals surface area contributed by atoms with Crippen molar-refractivity contribution in [3.8, 4) is 11.5 Å². The van der Waals surface area contributed by atoms with E-state index in [0.29, 0.717) is 6.04 Å². The summed E-state index contributed by atoms with van der Waals surface area (Å²) in [5.41, 5.74) is 1.17. The number of aliphatic hydroxyl groups is 1. The van der Waals surface area contributed by atoms with Crippen LogP contribution < -0.4 is 9.47 Å². The minimum absolute atomic E-state index is 0.0626. The van der Waals surface area contributed by atoms with Gasteiger partial charge in [0.2, 0.25) is 0 Å². The van der Waals surface area contributed by atoms with Gasteiger partial charge in [-0.1, -0.05) is 25.1 Å². The number of hydrogen-bond donors (Lipinski definition) is 1. The smallest absolute Gasteiger partial charge is 0.161 e. The van der Waals surface area contributed by atoms with Gasteiger partial charge >= 0.3 is 0 Å². The molecule has 0 aromatic heterocycles. The molecule has 4 heteroatoms. The SMILES string of the molecule is COc1ccc([C@@]23C=C[C@@H](O)[C@H](C)[C@@H]2N(C)CC3)cc1OC. The maximum absolute atomic E-state index is 10.2. The lowest BCUT2D eigenvalue weighted by atomic mass is 9.66. The van der Waals surface area contributed by atoms with Gasteiger partial charge in [0.25, 0.3) is 0 Å². The van der Waals surface area contributed by atoms with Crippen molar-refractivity contribution in [2.45, 2.75) is 30.9 Å². The summed E-state index contributed by atoms with van der Waals surface area (Å²) < 4.78 is 10.8. The van der Waals surface area contributed by atoms with E-state index >= 15 is 0 Å². The van der Waals surface area contributed by atoms with Crippen molar-refractivity contribution in [3.05, 3.63) is 35.9 Å². The van der Waals surface area contributed by atoms with E-state index in [1.54, 1.807) is 14.2 Å². The first-order valence-electron chi connectivity index (χ1n) is 7.83. The first-order chi connectivity index (χ1) is 10.5. The highest BCUT2D eigenvalue weighted by Gasteiger charge is 2.51. The Morgan fingerprint density at radius 2 is 1.95 bits per heavy atom. The number of methoxy groups -OCH3 is 2. The van der Waals surface area contributed by atoms with Gasteiger partial charge in [-0.05, 0) is 37.7 Å². The molecule has 1 N–H and O–H groups in total. The van der Waals surface area contributed by atoms with E-state index in [9.17, 15) is 5.11 Å². The third-order valence-electron chi connectivity index (χ3n) is 5.43. The minimum atomic E-state index is -0.376. The summed E-state index contributed by atoms with van der Waals surface area (Å²) in [5, 5.41) is 10.2. The highest BCUT2D eigenvalue weighted by molar-refractivity contribution is 5.49. The van der Waals surface area contributed by atoms with Crippen LogP contribution in [0, 0.1) is 5.92 Å². The molecular formula is C18H25NO3. The Kier molecular flexibility index (Phi) is 3.91. The Morgan fingerprint density at radius 1 is 1.23 bits per heavy atom. The van der Waals surface area contributed by atoms with E-state index in [1.165, 1.54) is 5.56 Å². The minimum Gasteiger partial charge on any atom is -0.493 e. The van der Waals surface area contributed by atoms with Gasteiger partial charge in [0, 0.05) is 17.4 Å². The summed E-state index contributed by atoms with van der Waals surface area (Å²) in [4.78, 5) is 2.37. The van der Waals surface area contributed by atoms with Gasteiger partial charge < -0.3 is 19.5 Å². The molecule has 1 fully saturated rings. The Bertz CT molecular complexity index is 586. The van der Waals surface area contributed by atoms with Crippen molar-refractivity contribution in [1.29, 1.82) is 0 Å². The number of fused-ring (bicyclic) bond motifs is 1. The molecule has 1 aromatic rings. The van der Waals surface area contributed by atoms with Gasteiger partial charge in [0.15, 0.2) is 11.5 Å². The predicted octanol–water partition coefficient (Wildman–Crippen LogP) is 2.21. The molecule has 0 radical (unpaired) electrons. The molecule has 0 saturated carbocycles. The predicted molar refractivity (Wildman–Crippen MR) is 86.6 cm³/mol. The molecule has 4 atom stereocenters. The van der Waals surface area contributed by atoms with Gasteiger partial charge in [-0.25, -0.2) is 0 Å². The largest absolute Gasteiger partial charge is 0.493 e. The van der Waals surface area contributed by atoms with E-state index in [0.717, 1.165) is 24.5 Å². The fraction of sp³-hybridized carbons (Fsp3) is 0.556. The molecule has 120 valence electrons. The van der Waals surface area contributed by atoms with Crippen LogP contribution in [-0.2, 0) is 5.41 Å². The van der Waals surface area contributed by atoms with Crippen molar-refractivity contribution >= 4 is 0 Å². The molecular weight excluding hydrogens is 278 g/mol. The topological polar surface area (TPSA) is 41.9 Å². The van der Waals surface area contributed by atoms with E-state index in [2.05, 4.69) is 37.1 Å². The standard InChI is InChI=1S/C18H25NO3/c1-12-14(20)7-8-18(9-10-19(2)17(12)18)13-5-6-15(21-3)16(11-13)22-4/h5-8,11-12,14,17,20H,9-10H2,1-4H3/t12-,14+,17-,18-/m0/s1. The average Bonchev–Trinajstić information content (AvgIpc) is 2.89. The molecule has 1 saturated heterocycles. The number of nitrogens with zero attached hydrogens (tertiary/aromatic N) is 1. The zero-order chi connectivity index (χ0) is 15.9. The van der Waals surface area contributed by atoms with Crippen LogP contribution in [0.4, 0.5) is 0 Å². The van der Waals surface area contributed by atoms with Crippen LogP contribution in [0.5, 0.6) is 11.5 Å².